The van der Waals surface area contributed by atoms with Crippen LogP contribution >= 0.6 is 0 Å². The smallest absolute Gasteiger partial charge is 0.271 e. The Bertz CT molecular complexity index is 2250. The predicted molar refractivity (Wildman–Crippen MR) is 184 cm³/mol. The Morgan fingerprint density at radius 2 is 1.42 bits per heavy atom. The van der Waals surface area contributed by atoms with Crippen LogP contribution in [0.5, 0.6) is 0 Å². The van der Waals surface area contributed by atoms with E-state index in [1.54, 1.807) is 7.05 Å². The molecule has 6 aromatic rings. The zero-order chi connectivity index (χ0) is 32.9. The van der Waals surface area contributed by atoms with Gasteiger partial charge in [-0.15, -0.1) is 4.91 Å². The first-order chi connectivity index (χ1) is 23.4. The van der Waals surface area contributed by atoms with E-state index >= 15 is 0 Å². The van der Waals surface area contributed by atoms with Gasteiger partial charge in [0.2, 0.25) is 0 Å². The van der Waals surface area contributed by atoms with Crippen LogP contribution in [0.25, 0.3) is 33.0 Å². The molecule has 0 unspecified atom stereocenters. The van der Waals surface area contributed by atoms with Crippen LogP contribution in [0.2, 0.25) is 0 Å². The van der Waals surface area contributed by atoms with E-state index in [-0.39, 0.29) is 30.3 Å². The zero-order valence-electron chi connectivity index (χ0n) is 26.8. The van der Waals surface area contributed by atoms with Crippen molar-refractivity contribution in [1.82, 2.24) is 33.5 Å². The van der Waals surface area contributed by atoms with Gasteiger partial charge in [-0.2, -0.15) is 0 Å². The Labute approximate surface area is 276 Å². The summed E-state index contributed by atoms with van der Waals surface area (Å²) < 4.78 is 5.80. The summed E-state index contributed by atoms with van der Waals surface area (Å²) in [6, 6.07) is 22.3. The fourth-order valence-corrected chi connectivity index (χ4v) is 7.37. The van der Waals surface area contributed by atoms with Crippen LogP contribution in [0.15, 0.2) is 96.7 Å². The highest BCUT2D eigenvalue weighted by Crippen LogP contribution is 2.43. The molecule has 0 bridgehead atoms. The van der Waals surface area contributed by atoms with Crippen molar-refractivity contribution < 1.29 is 9.59 Å². The quantitative estimate of drug-likeness (QED) is 0.150. The largest absolute Gasteiger partial charge is 0.350 e. The lowest BCUT2D eigenvalue weighted by Gasteiger charge is -2.33. The number of imidazole rings is 1. The van der Waals surface area contributed by atoms with Gasteiger partial charge in [0.25, 0.3) is 17.8 Å². The Morgan fingerprint density at radius 1 is 0.771 bits per heavy atom. The number of likely N-dealkylation sites (tertiary alicyclic amines) is 1. The minimum absolute atomic E-state index is 0.0132. The number of nitroso groups, excluding NO2 is 1. The summed E-state index contributed by atoms with van der Waals surface area (Å²) in [6.07, 6.45) is 9.24. The van der Waals surface area contributed by atoms with Crippen LogP contribution in [0, 0.1) is 4.91 Å². The number of amides is 2. The van der Waals surface area contributed by atoms with Crippen LogP contribution in [-0.2, 0) is 36.8 Å². The van der Waals surface area contributed by atoms with Crippen molar-refractivity contribution in [3.8, 4) is 0 Å². The van der Waals surface area contributed by atoms with E-state index in [0.29, 0.717) is 22.4 Å². The van der Waals surface area contributed by atoms with Gasteiger partial charge in [-0.3, -0.25) is 24.4 Å². The summed E-state index contributed by atoms with van der Waals surface area (Å²) in [5.74, 6) is -0.772. The number of aromatic nitrogens is 5. The maximum atomic E-state index is 14.6. The average Bonchev–Trinajstić information content (AvgIpc) is 3.84. The Kier molecular flexibility index (Phi) is 7.33. The molecule has 1 fully saturated rings. The number of aryl methyl sites for hydroxylation is 1. The molecule has 48 heavy (non-hydrogen) atoms. The van der Waals surface area contributed by atoms with E-state index in [1.165, 1.54) is 15.7 Å². The maximum Gasteiger partial charge on any atom is 0.271 e. The third-order valence-corrected chi connectivity index (χ3v) is 9.87. The second-order valence-corrected chi connectivity index (χ2v) is 12.6. The third kappa shape index (κ3) is 4.85. The molecule has 2 aliphatic heterocycles. The molecule has 11 nitrogen and oxygen atoms in total. The lowest BCUT2D eigenvalue weighted by atomic mass is 9.95. The number of benzene rings is 2. The molecule has 2 amide bonds. The van der Waals surface area contributed by atoms with E-state index in [0.717, 1.165) is 65.5 Å². The maximum absolute atomic E-state index is 14.6. The number of hydrogen-bond donors (Lipinski definition) is 0. The predicted octanol–water partition coefficient (Wildman–Crippen LogP) is 5.98. The molecule has 1 saturated heterocycles. The van der Waals surface area contributed by atoms with Crippen molar-refractivity contribution in [2.24, 2.45) is 19.3 Å². The SMILES string of the molecule is Cn1c(CN2C(=O)C(c3cn(C)c4ccccc34)=C(c3cn(C4CCN(Cc5ccccn5)CC4)c4ccccc34)C2=O)cnc1N=O. The van der Waals surface area contributed by atoms with Crippen LogP contribution in [0.1, 0.15) is 41.4 Å². The fourth-order valence-electron chi connectivity index (χ4n) is 7.37. The number of pyridine rings is 1. The highest BCUT2D eigenvalue weighted by molar-refractivity contribution is 6.50. The molecule has 2 aromatic carbocycles. The van der Waals surface area contributed by atoms with E-state index in [9.17, 15) is 14.5 Å². The van der Waals surface area contributed by atoms with Crippen LogP contribution in [0.3, 0.4) is 0 Å². The van der Waals surface area contributed by atoms with Gasteiger partial charge in [0.1, 0.15) is 0 Å². The molecule has 11 heteroatoms. The summed E-state index contributed by atoms with van der Waals surface area (Å²) in [7, 11) is 3.60. The van der Waals surface area contributed by atoms with Crippen molar-refractivity contribution in [1.29, 1.82) is 0 Å². The minimum Gasteiger partial charge on any atom is -0.350 e. The van der Waals surface area contributed by atoms with Crippen molar-refractivity contribution in [2.75, 3.05) is 13.1 Å². The number of para-hydroxylation sites is 2. The molecule has 0 radical (unpaired) electrons. The molecule has 4 aromatic heterocycles. The van der Waals surface area contributed by atoms with Gasteiger partial charge in [-0.1, -0.05) is 42.5 Å². The first-order valence-electron chi connectivity index (χ1n) is 16.1. The first-order valence-corrected chi connectivity index (χ1v) is 16.1. The van der Waals surface area contributed by atoms with Crippen molar-refractivity contribution in [3.63, 3.8) is 0 Å². The van der Waals surface area contributed by atoms with E-state index in [1.807, 2.05) is 78.6 Å². The normalized spacial score (nSPS) is 16.2. The Hall–Kier alpha value is -5.68. The lowest BCUT2D eigenvalue weighted by molar-refractivity contribution is -0.136. The molecule has 0 saturated carbocycles. The summed E-state index contributed by atoms with van der Waals surface area (Å²) in [4.78, 5) is 52.6. The third-order valence-electron chi connectivity index (χ3n) is 9.87. The number of carbonyl (C=O) groups excluding carboxylic acids is 2. The number of hydrogen-bond acceptors (Lipinski definition) is 7. The summed E-state index contributed by atoms with van der Waals surface area (Å²) >= 11 is 0. The molecule has 0 aliphatic carbocycles. The topological polar surface area (TPSA) is 111 Å². The zero-order valence-corrected chi connectivity index (χ0v) is 26.8. The van der Waals surface area contributed by atoms with Gasteiger partial charge >= 0.3 is 0 Å². The monoisotopic (exact) mass is 638 g/mol. The molecule has 0 N–H and O–H groups in total. The van der Waals surface area contributed by atoms with Crippen LogP contribution in [-0.4, -0.2) is 58.4 Å². The number of rotatable bonds is 8. The van der Waals surface area contributed by atoms with Gasteiger partial charge in [-0.05, 0) is 37.1 Å². The molecular formula is C37H34N8O3. The number of piperidine rings is 1. The number of fused-ring (bicyclic) bond motifs is 2. The highest BCUT2D eigenvalue weighted by atomic mass is 16.3. The second-order valence-electron chi connectivity index (χ2n) is 12.6. The molecule has 6 heterocycles. The van der Waals surface area contributed by atoms with Gasteiger partial charge in [0, 0.05) is 96.5 Å². The van der Waals surface area contributed by atoms with Crippen LogP contribution < -0.4 is 0 Å². The van der Waals surface area contributed by atoms with E-state index < -0.39 is 0 Å². The summed E-state index contributed by atoms with van der Waals surface area (Å²) in [5, 5.41) is 4.79. The summed E-state index contributed by atoms with van der Waals surface area (Å²) in [5.41, 5.74) is 5.81. The molecule has 2 aliphatic rings. The molecule has 0 spiro atoms. The molecular weight excluding hydrogens is 604 g/mol. The molecule has 8 rings (SSSR count). The number of imide groups is 1. The summed E-state index contributed by atoms with van der Waals surface area (Å²) in [6.45, 7) is 2.64. The lowest BCUT2D eigenvalue weighted by Crippen LogP contribution is -2.34. The van der Waals surface area contributed by atoms with Gasteiger partial charge in [-0.25, -0.2) is 4.98 Å². The Morgan fingerprint density at radius 3 is 2.08 bits per heavy atom. The fraction of sp³-hybridized carbons (Fsp3) is 0.243. The minimum atomic E-state index is -0.382. The average molecular weight is 639 g/mol. The standard InChI is InChI=1S/C37H34N8O3/c1-41-22-29(27-10-3-5-12-31(27)41)33-34(36(47)45(35(33)46)21-26-19-39-37(40-48)42(26)2)30-23-44(32-13-6-4-11-28(30)32)25-14-17-43(18-15-25)20-24-9-7-8-16-38-24/h3-13,16,19,22-23,25H,14-15,17-18,20-21H2,1-2H3. The number of nitrogens with zero attached hydrogens (tertiary/aromatic N) is 8. The van der Waals surface area contributed by atoms with Crippen molar-refractivity contribution >= 4 is 50.7 Å². The molecule has 0 atom stereocenters. The van der Waals surface area contributed by atoms with Gasteiger partial charge in [0.15, 0.2) is 0 Å². The number of carbonyl (C=O) groups is 2. The highest BCUT2D eigenvalue weighted by Gasteiger charge is 2.42. The second kappa shape index (κ2) is 11.8. The first kappa shape index (κ1) is 29.7. The molecule has 240 valence electrons. The van der Waals surface area contributed by atoms with Gasteiger partial charge < -0.3 is 13.7 Å². The van der Waals surface area contributed by atoms with E-state index in [4.69, 9.17) is 0 Å². The van der Waals surface area contributed by atoms with Crippen LogP contribution in [0.4, 0.5) is 5.95 Å². The van der Waals surface area contributed by atoms with Gasteiger partial charge in [0.05, 0.1) is 35.3 Å². The van der Waals surface area contributed by atoms with Crippen molar-refractivity contribution in [3.05, 3.63) is 119 Å². The van der Waals surface area contributed by atoms with Crippen molar-refractivity contribution in [2.45, 2.75) is 32.0 Å². The Balaban J connectivity index is 1.22. The van der Waals surface area contributed by atoms with E-state index in [2.05, 4.69) is 42.9 Å².